The monoisotopic (exact) mass is 306 g/mol. The smallest absolute Gasteiger partial charge is 0.241 e. The molecule has 1 aromatic carbocycles. The van der Waals surface area contributed by atoms with Crippen molar-refractivity contribution < 1.29 is 4.79 Å². The Morgan fingerprint density at radius 3 is 2.83 bits per heavy atom. The molecule has 1 saturated carbocycles. The molecule has 1 aromatic heterocycles. The SMILES string of the molecule is NN(C(=O)C1CC1)C1C=c2ccc(-c3cccnc3)cc2=CN1. The predicted octanol–water partition coefficient (Wildman–Crippen LogP) is 0.309. The molecule has 1 unspecified atom stereocenters. The fraction of sp³-hybridized carbons (Fsp3) is 0.222. The second-order valence-corrected chi connectivity index (χ2v) is 6.03. The van der Waals surface area contributed by atoms with Gasteiger partial charge in [0.05, 0.1) is 0 Å². The Morgan fingerprint density at radius 2 is 2.09 bits per heavy atom. The van der Waals surface area contributed by atoms with Crippen LogP contribution in [0.15, 0.2) is 42.7 Å². The molecule has 1 aliphatic heterocycles. The number of nitrogens with zero attached hydrogens (tertiary/aromatic N) is 2. The fourth-order valence-corrected chi connectivity index (χ4v) is 2.80. The third-order valence-corrected chi connectivity index (χ3v) is 4.31. The second kappa shape index (κ2) is 5.52. The Hall–Kier alpha value is -2.66. The predicted molar refractivity (Wildman–Crippen MR) is 88.5 cm³/mol. The number of nitrogens with two attached hydrogens (primary N) is 1. The average Bonchev–Trinajstić information content (AvgIpc) is 3.45. The summed E-state index contributed by atoms with van der Waals surface area (Å²) in [6, 6.07) is 10.2. The van der Waals surface area contributed by atoms with Crippen molar-refractivity contribution in [2.24, 2.45) is 11.8 Å². The summed E-state index contributed by atoms with van der Waals surface area (Å²) in [5.74, 6) is 6.10. The van der Waals surface area contributed by atoms with Gasteiger partial charge in [-0.2, -0.15) is 0 Å². The van der Waals surface area contributed by atoms with E-state index in [9.17, 15) is 4.79 Å². The largest absolute Gasteiger partial charge is 0.366 e. The first kappa shape index (κ1) is 14.0. The van der Waals surface area contributed by atoms with E-state index in [0.29, 0.717) is 0 Å². The van der Waals surface area contributed by atoms with Crippen molar-refractivity contribution in [3.05, 3.63) is 53.2 Å². The molecule has 5 heteroatoms. The molecule has 1 fully saturated rings. The number of hydrazine groups is 1. The summed E-state index contributed by atoms with van der Waals surface area (Å²) in [6.07, 6.45) is 9.13. The average molecular weight is 306 g/mol. The van der Waals surface area contributed by atoms with Gasteiger partial charge in [0.1, 0.15) is 6.17 Å². The zero-order valence-corrected chi connectivity index (χ0v) is 12.6. The van der Waals surface area contributed by atoms with Crippen molar-refractivity contribution in [1.29, 1.82) is 0 Å². The third kappa shape index (κ3) is 2.71. The number of benzene rings is 1. The molecule has 0 bridgehead atoms. The van der Waals surface area contributed by atoms with Gasteiger partial charge >= 0.3 is 0 Å². The topological polar surface area (TPSA) is 71.2 Å². The molecule has 0 spiro atoms. The van der Waals surface area contributed by atoms with E-state index in [4.69, 9.17) is 5.84 Å². The van der Waals surface area contributed by atoms with E-state index >= 15 is 0 Å². The summed E-state index contributed by atoms with van der Waals surface area (Å²) in [5.41, 5.74) is 2.19. The molecule has 23 heavy (non-hydrogen) atoms. The van der Waals surface area contributed by atoms with Crippen LogP contribution in [0.2, 0.25) is 0 Å². The lowest BCUT2D eigenvalue weighted by Gasteiger charge is -2.27. The van der Waals surface area contributed by atoms with Crippen molar-refractivity contribution in [3.8, 4) is 11.1 Å². The summed E-state index contributed by atoms with van der Waals surface area (Å²) >= 11 is 0. The van der Waals surface area contributed by atoms with Crippen LogP contribution in [0, 0.1) is 5.92 Å². The van der Waals surface area contributed by atoms with Gasteiger partial charge in [0.15, 0.2) is 0 Å². The van der Waals surface area contributed by atoms with Crippen LogP contribution in [-0.4, -0.2) is 22.1 Å². The van der Waals surface area contributed by atoms with E-state index in [1.807, 2.05) is 30.6 Å². The molecule has 0 radical (unpaired) electrons. The van der Waals surface area contributed by atoms with Gasteiger partial charge in [0.25, 0.3) is 0 Å². The first-order chi connectivity index (χ1) is 11.2. The Kier molecular flexibility index (Phi) is 3.35. The highest BCUT2D eigenvalue weighted by Crippen LogP contribution is 2.30. The van der Waals surface area contributed by atoms with E-state index in [2.05, 4.69) is 28.5 Å². The molecule has 0 saturated heterocycles. The van der Waals surface area contributed by atoms with Gasteiger partial charge in [-0.3, -0.25) is 14.8 Å². The number of aromatic nitrogens is 1. The quantitative estimate of drug-likeness (QED) is 0.486. The Bertz CT molecular complexity index is 858. The highest BCUT2D eigenvalue weighted by atomic mass is 16.2. The zero-order valence-electron chi connectivity index (χ0n) is 12.6. The number of nitrogens with one attached hydrogen (secondary N) is 1. The summed E-state index contributed by atoms with van der Waals surface area (Å²) in [6.45, 7) is 0. The molecule has 3 N–H and O–H groups in total. The van der Waals surface area contributed by atoms with Crippen molar-refractivity contribution in [2.75, 3.05) is 0 Å². The molecular weight excluding hydrogens is 288 g/mol. The number of hydrogen-bond donors (Lipinski definition) is 2. The van der Waals surface area contributed by atoms with Gasteiger partial charge in [0, 0.05) is 30.1 Å². The van der Waals surface area contributed by atoms with Gasteiger partial charge in [-0.1, -0.05) is 18.2 Å². The van der Waals surface area contributed by atoms with E-state index in [-0.39, 0.29) is 18.0 Å². The zero-order chi connectivity index (χ0) is 15.8. The van der Waals surface area contributed by atoms with Crippen LogP contribution < -0.4 is 21.6 Å². The maximum atomic E-state index is 12.1. The molecule has 1 atom stereocenters. The Balaban J connectivity index is 1.64. The lowest BCUT2D eigenvalue weighted by Crippen LogP contribution is -2.54. The highest BCUT2D eigenvalue weighted by molar-refractivity contribution is 5.81. The third-order valence-electron chi connectivity index (χ3n) is 4.31. The maximum absolute atomic E-state index is 12.1. The van der Waals surface area contributed by atoms with E-state index in [0.717, 1.165) is 34.4 Å². The highest BCUT2D eigenvalue weighted by Gasteiger charge is 2.34. The first-order valence-corrected chi connectivity index (χ1v) is 7.79. The number of rotatable bonds is 3. The summed E-state index contributed by atoms with van der Waals surface area (Å²) in [5, 5.41) is 6.66. The van der Waals surface area contributed by atoms with Crippen LogP contribution in [-0.2, 0) is 4.79 Å². The second-order valence-electron chi connectivity index (χ2n) is 6.03. The van der Waals surface area contributed by atoms with Crippen LogP contribution >= 0.6 is 0 Å². The first-order valence-electron chi connectivity index (χ1n) is 7.79. The summed E-state index contributed by atoms with van der Waals surface area (Å²) in [7, 11) is 0. The van der Waals surface area contributed by atoms with Crippen LogP contribution in [0.5, 0.6) is 0 Å². The Labute approximate surface area is 134 Å². The van der Waals surface area contributed by atoms with E-state index in [1.54, 1.807) is 6.20 Å². The van der Waals surface area contributed by atoms with Gasteiger partial charge in [-0.05, 0) is 47.1 Å². The lowest BCUT2D eigenvalue weighted by molar-refractivity contribution is -0.134. The van der Waals surface area contributed by atoms with Crippen molar-refractivity contribution in [3.63, 3.8) is 0 Å². The number of carbonyl (C=O) groups excluding carboxylic acids is 1. The van der Waals surface area contributed by atoms with Gasteiger partial charge in [-0.25, -0.2) is 5.84 Å². The van der Waals surface area contributed by atoms with Crippen LogP contribution in [0.3, 0.4) is 0 Å². The molecular formula is C18H18N4O. The maximum Gasteiger partial charge on any atom is 0.241 e. The molecule has 1 aliphatic carbocycles. The minimum absolute atomic E-state index is 0.0163. The molecule has 5 nitrogen and oxygen atoms in total. The van der Waals surface area contributed by atoms with Crippen LogP contribution in [0.25, 0.3) is 23.4 Å². The number of fused-ring (bicyclic) bond motifs is 1. The van der Waals surface area contributed by atoms with Gasteiger partial charge in [0.2, 0.25) is 5.91 Å². The molecule has 2 aliphatic rings. The fourth-order valence-electron chi connectivity index (χ4n) is 2.80. The van der Waals surface area contributed by atoms with Crippen molar-refractivity contribution in [1.82, 2.24) is 15.3 Å². The lowest BCUT2D eigenvalue weighted by atomic mass is 10.0. The van der Waals surface area contributed by atoms with Crippen molar-refractivity contribution in [2.45, 2.75) is 19.0 Å². The minimum atomic E-state index is -0.292. The van der Waals surface area contributed by atoms with Gasteiger partial charge < -0.3 is 5.32 Å². The number of pyridine rings is 1. The van der Waals surface area contributed by atoms with Crippen molar-refractivity contribution >= 4 is 18.2 Å². The molecule has 2 aromatic rings. The normalized spacial score (nSPS) is 18.9. The number of amides is 1. The molecule has 1 amide bonds. The molecule has 116 valence electrons. The van der Waals surface area contributed by atoms with Crippen LogP contribution in [0.4, 0.5) is 0 Å². The van der Waals surface area contributed by atoms with E-state index < -0.39 is 0 Å². The Morgan fingerprint density at radius 1 is 1.22 bits per heavy atom. The standard InChI is InChI=1S/C18H18N4O/c19-22(18(23)12-3-4-12)17-9-14-6-5-13(8-16(14)11-21-17)15-2-1-7-20-10-15/h1-2,5-12,17,21H,3-4,19H2. The summed E-state index contributed by atoms with van der Waals surface area (Å²) < 4.78 is 0. The van der Waals surface area contributed by atoms with Gasteiger partial charge in [-0.15, -0.1) is 0 Å². The molecule has 4 rings (SSSR count). The summed E-state index contributed by atoms with van der Waals surface area (Å²) in [4.78, 5) is 16.2. The van der Waals surface area contributed by atoms with E-state index in [1.165, 1.54) is 5.01 Å². The number of hydrogen-bond acceptors (Lipinski definition) is 4. The van der Waals surface area contributed by atoms with Crippen LogP contribution in [0.1, 0.15) is 12.8 Å². The molecule has 2 heterocycles. The number of carbonyl (C=O) groups is 1. The minimum Gasteiger partial charge on any atom is -0.366 e.